The van der Waals surface area contributed by atoms with Crippen molar-refractivity contribution in [2.75, 3.05) is 19.0 Å². The summed E-state index contributed by atoms with van der Waals surface area (Å²) < 4.78 is 0.781. The fourth-order valence-corrected chi connectivity index (χ4v) is 2.21. The fourth-order valence-electron chi connectivity index (χ4n) is 2.21. The van der Waals surface area contributed by atoms with Gasteiger partial charge in [0.1, 0.15) is 0 Å². The highest BCUT2D eigenvalue weighted by Crippen LogP contribution is 2.27. The highest BCUT2D eigenvalue weighted by Gasteiger charge is 2.03. The van der Waals surface area contributed by atoms with Crippen molar-refractivity contribution < 1.29 is 4.73 Å². The number of fused-ring (bicyclic) bond motifs is 1. The standard InChI is InChI=1S/C17H16N4O/c1-20(2)15-8-6-14(7-9-15)18-19-17-5-3-4-13-12-21(22)11-10-16(13)17/h3-12H,1-2H3. The highest BCUT2D eigenvalue weighted by atomic mass is 16.5. The van der Waals surface area contributed by atoms with Crippen LogP contribution in [-0.2, 0) is 0 Å². The van der Waals surface area contributed by atoms with Gasteiger partial charge in [-0.15, -0.1) is 5.11 Å². The number of pyridine rings is 1. The lowest BCUT2D eigenvalue weighted by molar-refractivity contribution is -0.603. The Morgan fingerprint density at radius 1 is 0.955 bits per heavy atom. The maximum atomic E-state index is 11.3. The van der Waals surface area contributed by atoms with Crippen molar-refractivity contribution >= 4 is 27.8 Å². The lowest BCUT2D eigenvalue weighted by Crippen LogP contribution is -2.23. The van der Waals surface area contributed by atoms with E-state index in [0.29, 0.717) is 0 Å². The lowest BCUT2D eigenvalue weighted by Gasteiger charge is -2.11. The molecule has 3 aromatic rings. The minimum Gasteiger partial charge on any atom is -0.619 e. The number of aromatic nitrogens is 1. The second-order valence-corrected chi connectivity index (χ2v) is 5.20. The van der Waals surface area contributed by atoms with Gasteiger partial charge in [0.15, 0.2) is 12.4 Å². The number of hydrogen-bond acceptors (Lipinski definition) is 4. The number of nitrogens with zero attached hydrogens (tertiary/aromatic N) is 4. The average Bonchev–Trinajstić information content (AvgIpc) is 2.52. The second kappa shape index (κ2) is 5.81. The van der Waals surface area contributed by atoms with Gasteiger partial charge in [0.05, 0.1) is 11.4 Å². The molecule has 0 atom stereocenters. The summed E-state index contributed by atoms with van der Waals surface area (Å²) in [6, 6.07) is 15.2. The van der Waals surface area contributed by atoms with Crippen LogP contribution in [0.3, 0.4) is 0 Å². The van der Waals surface area contributed by atoms with Crippen molar-refractivity contribution in [2.45, 2.75) is 0 Å². The van der Waals surface area contributed by atoms with Gasteiger partial charge in [-0.1, -0.05) is 6.07 Å². The van der Waals surface area contributed by atoms with Crippen molar-refractivity contribution in [3.8, 4) is 0 Å². The van der Waals surface area contributed by atoms with Gasteiger partial charge in [0.25, 0.3) is 0 Å². The van der Waals surface area contributed by atoms with Crippen molar-refractivity contribution in [3.63, 3.8) is 0 Å². The number of hydrogen-bond donors (Lipinski definition) is 0. The summed E-state index contributed by atoms with van der Waals surface area (Å²) >= 11 is 0. The van der Waals surface area contributed by atoms with Crippen LogP contribution < -0.4 is 9.63 Å². The zero-order chi connectivity index (χ0) is 15.5. The minimum absolute atomic E-state index is 0.745. The predicted octanol–water partition coefficient (Wildman–Crippen LogP) is 3.95. The second-order valence-electron chi connectivity index (χ2n) is 5.20. The molecule has 0 spiro atoms. The van der Waals surface area contributed by atoms with Gasteiger partial charge < -0.3 is 10.1 Å². The van der Waals surface area contributed by atoms with E-state index in [1.165, 1.54) is 12.4 Å². The first-order valence-corrected chi connectivity index (χ1v) is 6.94. The van der Waals surface area contributed by atoms with E-state index < -0.39 is 0 Å². The zero-order valence-corrected chi connectivity index (χ0v) is 12.5. The summed E-state index contributed by atoms with van der Waals surface area (Å²) in [4.78, 5) is 2.03. The van der Waals surface area contributed by atoms with Gasteiger partial charge in [0.2, 0.25) is 0 Å². The molecule has 1 aromatic heterocycles. The Labute approximate surface area is 128 Å². The lowest BCUT2D eigenvalue weighted by atomic mass is 10.1. The zero-order valence-electron chi connectivity index (χ0n) is 12.5. The van der Waals surface area contributed by atoms with Crippen molar-refractivity contribution in [1.29, 1.82) is 0 Å². The van der Waals surface area contributed by atoms with Crippen LogP contribution >= 0.6 is 0 Å². The molecule has 0 saturated carbocycles. The molecule has 110 valence electrons. The molecule has 0 saturated heterocycles. The van der Waals surface area contributed by atoms with Crippen molar-refractivity contribution in [2.24, 2.45) is 10.2 Å². The summed E-state index contributed by atoms with van der Waals surface area (Å²) in [5.41, 5.74) is 2.65. The molecule has 0 fully saturated rings. The van der Waals surface area contributed by atoms with E-state index in [0.717, 1.165) is 32.6 Å². The number of benzene rings is 2. The monoisotopic (exact) mass is 292 g/mol. The average molecular weight is 292 g/mol. The smallest absolute Gasteiger partial charge is 0.188 e. The Balaban J connectivity index is 1.92. The molecule has 0 amide bonds. The van der Waals surface area contributed by atoms with Crippen molar-refractivity contribution in [1.82, 2.24) is 0 Å². The van der Waals surface area contributed by atoms with Crippen LogP contribution in [0.1, 0.15) is 0 Å². The highest BCUT2D eigenvalue weighted by molar-refractivity contribution is 5.91. The third kappa shape index (κ3) is 2.88. The predicted molar refractivity (Wildman–Crippen MR) is 87.9 cm³/mol. The summed E-state index contributed by atoms with van der Waals surface area (Å²) in [6.45, 7) is 0. The third-order valence-electron chi connectivity index (χ3n) is 3.41. The third-order valence-corrected chi connectivity index (χ3v) is 3.41. The molecule has 0 aliphatic carbocycles. The molecule has 5 heteroatoms. The fraction of sp³-hybridized carbons (Fsp3) is 0.118. The maximum absolute atomic E-state index is 11.3. The molecule has 0 radical (unpaired) electrons. The van der Waals surface area contributed by atoms with Gasteiger partial charge in [-0.3, -0.25) is 0 Å². The molecule has 2 aromatic carbocycles. The summed E-state index contributed by atoms with van der Waals surface area (Å²) in [5, 5.41) is 21.6. The number of azo groups is 1. The Hall–Kier alpha value is -2.95. The van der Waals surface area contributed by atoms with Crippen LogP contribution in [-0.4, -0.2) is 14.1 Å². The Morgan fingerprint density at radius 3 is 2.45 bits per heavy atom. The molecule has 0 N–H and O–H groups in total. The molecule has 0 unspecified atom stereocenters. The van der Waals surface area contributed by atoms with E-state index >= 15 is 0 Å². The summed E-state index contributed by atoms with van der Waals surface area (Å²) in [5.74, 6) is 0. The van der Waals surface area contributed by atoms with Crippen molar-refractivity contribution in [3.05, 3.63) is 66.1 Å². The van der Waals surface area contributed by atoms with Crippen LogP contribution in [0, 0.1) is 5.21 Å². The number of rotatable bonds is 3. The quantitative estimate of drug-likeness (QED) is 0.417. The van der Waals surface area contributed by atoms with Gasteiger partial charge in [-0.25, -0.2) is 0 Å². The molecule has 5 nitrogen and oxygen atoms in total. The topological polar surface area (TPSA) is 54.9 Å². The van der Waals surface area contributed by atoms with Crippen LogP contribution in [0.15, 0.2) is 71.2 Å². The molecule has 1 heterocycles. The van der Waals surface area contributed by atoms with Crippen LogP contribution in [0.2, 0.25) is 0 Å². The van der Waals surface area contributed by atoms with Gasteiger partial charge >= 0.3 is 0 Å². The molecule has 0 bridgehead atoms. The van der Waals surface area contributed by atoms with Crippen LogP contribution in [0.25, 0.3) is 10.8 Å². The van der Waals surface area contributed by atoms with Crippen LogP contribution in [0.5, 0.6) is 0 Å². The first kappa shape index (κ1) is 14.0. The molecule has 3 rings (SSSR count). The SMILES string of the molecule is CN(C)c1ccc(N=Nc2cccc3c[n+]([O-])ccc23)cc1. The first-order chi connectivity index (χ1) is 10.6. The normalized spacial score (nSPS) is 11.2. The largest absolute Gasteiger partial charge is 0.619 e. The maximum Gasteiger partial charge on any atom is 0.188 e. The van der Waals surface area contributed by atoms with Gasteiger partial charge in [-0.2, -0.15) is 9.84 Å². The molecular weight excluding hydrogens is 276 g/mol. The number of anilines is 1. The van der Waals surface area contributed by atoms with E-state index in [9.17, 15) is 5.21 Å². The van der Waals surface area contributed by atoms with Gasteiger partial charge in [0, 0.05) is 36.6 Å². The Bertz CT molecular complexity index is 826. The Kier molecular flexibility index (Phi) is 3.70. The Morgan fingerprint density at radius 2 is 1.73 bits per heavy atom. The summed E-state index contributed by atoms with van der Waals surface area (Å²) in [6.07, 6.45) is 2.99. The molecule has 0 aliphatic heterocycles. The minimum atomic E-state index is 0.745. The molecule has 0 aliphatic rings. The van der Waals surface area contributed by atoms with E-state index in [1.54, 1.807) is 6.07 Å². The summed E-state index contributed by atoms with van der Waals surface area (Å²) in [7, 11) is 3.99. The van der Waals surface area contributed by atoms with E-state index in [2.05, 4.69) is 10.2 Å². The van der Waals surface area contributed by atoms with Crippen LogP contribution in [0.4, 0.5) is 17.1 Å². The molecule has 22 heavy (non-hydrogen) atoms. The van der Waals surface area contributed by atoms with E-state index in [4.69, 9.17) is 0 Å². The van der Waals surface area contributed by atoms with E-state index in [1.807, 2.05) is 61.5 Å². The first-order valence-electron chi connectivity index (χ1n) is 6.94. The van der Waals surface area contributed by atoms with E-state index in [-0.39, 0.29) is 0 Å². The molecular formula is C17H16N4O. The van der Waals surface area contributed by atoms with Gasteiger partial charge in [-0.05, 0) is 36.4 Å².